The van der Waals surface area contributed by atoms with Gasteiger partial charge in [-0.05, 0) is 95.5 Å². The number of likely N-dealkylation sites (N-methyl/N-ethyl adjacent to an activating group) is 1. The van der Waals surface area contributed by atoms with E-state index in [2.05, 4.69) is 32.2 Å². The van der Waals surface area contributed by atoms with Crippen molar-refractivity contribution in [2.45, 2.75) is 163 Å². The number of nitrogens with one attached hydrogen (secondary N) is 4. The molecule has 1 saturated heterocycles. The summed E-state index contributed by atoms with van der Waals surface area (Å²) in [5.74, 6) is -0.245. The summed E-state index contributed by atoms with van der Waals surface area (Å²) in [7, 11) is 1.94. The number of esters is 1. The third kappa shape index (κ3) is 17.5. The van der Waals surface area contributed by atoms with E-state index < -0.39 is 47.5 Å². The number of thiazole rings is 1. The number of carbonyl (C=O) groups excluding carboxylic acids is 5. The van der Waals surface area contributed by atoms with Crippen molar-refractivity contribution in [1.29, 1.82) is 0 Å². The minimum absolute atomic E-state index is 0.0730. The van der Waals surface area contributed by atoms with Crippen molar-refractivity contribution in [3.63, 3.8) is 0 Å². The molecular weight excluding hydrogens is 847 g/mol. The summed E-state index contributed by atoms with van der Waals surface area (Å²) in [6.07, 6.45) is 10.5. The number of benzene rings is 1. The first-order chi connectivity index (χ1) is 30.7. The maximum atomic E-state index is 14.9. The first kappa shape index (κ1) is 54.5. The molecule has 1 aliphatic rings. The van der Waals surface area contributed by atoms with Crippen LogP contribution < -0.4 is 21.3 Å². The highest BCUT2D eigenvalue weighted by Gasteiger charge is 2.39. The lowest BCUT2D eigenvalue weighted by atomic mass is 9.84. The van der Waals surface area contributed by atoms with Crippen molar-refractivity contribution in [3.8, 4) is 12.3 Å². The molecule has 0 aliphatic carbocycles. The van der Waals surface area contributed by atoms with E-state index in [-0.39, 0.29) is 66.7 Å². The van der Waals surface area contributed by atoms with E-state index in [1.807, 2.05) is 70.5 Å². The van der Waals surface area contributed by atoms with Gasteiger partial charge in [0.15, 0.2) is 6.10 Å². The highest BCUT2D eigenvalue weighted by molar-refractivity contribution is 7.09. The van der Waals surface area contributed by atoms with Crippen LogP contribution in [-0.4, -0.2) is 112 Å². The molecule has 1 aliphatic heterocycles. The Morgan fingerprint density at radius 3 is 2.32 bits per heavy atom. The number of hydrogen-bond donors (Lipinski definition) is 5. The Labute approximate surface area is 391 Å². The third-order valence-corrected chi connectivity index (χ3v) is 13.1. The van der Waals surface area contributed by atoms with Crippen LogP contribution in [0.1, 0.15) is 147 Å². The maximum Gasteiger partial charge on any atom is 0.309 e. The van der Waals surface area contributed by atoms with Gasteiger partial charge < -0.3 is 36.0 Å². The number of aromatic nitrogens is 1. The number of nitrogens with zero attached hydrogens (tertiary/aromatic N) is 3. The number of carboxylic acid groups (broad SMARTS) is 1. The monoisotopic (exact) mass is 922 g/mol. The molecule has 360 valence electrons. The van der Waals surface area contributed by atoms with Crippen LogP contribution in [0.5, 0.6) is 0 Å². The minimum Gasteiger partial charge on any atom is -0.481 e. The molecule has 2 heterocycles. The fourth-order valence-corrected chi connectivity index (χ4v) is 8.87. The number of carboxylic acids is 1. The van der Waals surface area contributed by atoms with E-state index in [4.69, 9.17) is 11.2 Å². The van der Waals surface area contributed by atoms with Gasteiger partial charge in [0.2, 0.25) is 17.7 Å². The molecule has 16 heteroatoms. The Bertz CT molecular complexity index is 1930. The molecular formula is C49H75N7O8S. The van der Waals surface area contributed by atoms with Gasteiger partial charge in [-0.25, -0.2) is 4.98 Å². The van der Waals surface area contributed by atoms with Gasteiger partial charge in [0, 0.05) is 55.5 Å². The minimum atomic E-state index is -1.18. The lowest BCUT2D eigenvalue weighted by Crippen LogP contribution is -2.59. The molecule has 1 fully saturated rings. The van der Waals surface area contributed by atoms with Gasteiger partial charge in [0.25, 0.3) is 5.91 Å². The molecule has 65 heavy (non-hydrogen) atoms. The quantitative estimate of drug-likeness (QED) is 0.0388. The van der Waals surface area contributed by atoms with Crippen LogP contribution in [-0.2, 0) is 35.1 Å². The SMILES string of the molecule is C#CCCCCN(C(=O)[C@@H](NC(=O)[C@H]1CCCCN1C)[C@@H](C)CC)[C@H](C[C@@H](OC(C)=O)c1nc(C(=O)N[C@@H](Cc2ccc(NC(=O)CNC(C)C)cc2)CC(C)(C)C(=O)O)cs1)C(C)C. The molecule has 0 unspecified atom stereocenters. The third-order valence-electron chi connectivity index (χ3n) is 12.1. The Morgan fingerprint density at radius 2 is 1.74 bits per heavy atom. The normalized spacial score (nSPS) is 16.7. The first-order valence-electron chi connectivity index (χ1n) is 23.2. The summed E-state index contributed by atoms with van der Waals surface area (Å²) in [4.78, 5) is 88.4. The van der Waals surface area contributed by atoms with Crippen molar-refractivity contribution in [1.82, 2.24) is 30.7 Å². The lowest BCUT2D eigenvalue weighted by molar-refractivity contribution is -0.150. The van der Waals surface area contributed by atoms with Crippen molar-refractivity contribution in [2.24, 2.45) is 17.3 Å². The largest absolute Gasteiger partial charge is 0.481 e. The number of unbranched alkanes of at least 4 members (excludes halogenated alkanes) is 2. The molecule has 3 rings (SSSR count). The molecule has 0 bridgehead atoms. The molecule has 1 aromatic heterocycles. The molecule has 15 nitrogen and oxygen atoms in total. The molecule has 4 amide bonds. The van der Waals surface area contributed by atoms with Crippen LogP contribution in [0.3, 0.4) is 0 Å². The fraction of sp³-hybridized carbons (Fsp3) is 0.653. The Hall–Kier alpha value is -4.85. The van der Waals surface area contributed by atoms with Gasteiger partial charge in [0.05, 0.1) is 18.0 Å². The number of amides is 4. The number of rotatable bonds is 26. The number of aliphatic carboxylic acids is 1. The number of anilines is 1. The van der Waals surface area contributed by atoms with Gasteiger partial charge >= 0.3 is 11.9 Å². The highest BCUT2D eigenvalue weighted by atomic mass is 32.1. The van der Waals surface area contributed by atoms with Gasteiger partial charge in [-0.3, -0.25) is 33.7 Å². The fourth-order valence-electron chi connectivity index (χ4n) is 8.03. The Kier molecular flexibility index (Phi) is 22.1. The van der Waals surface area contributed by atoms with Crippen molar-refractivity contribution >= 4 is 52.6 Å². The van der Waals surface area contributed by atoms with E-state index in [0.717, 1.165) is 42.7 Å². The number of hydrogen-bond acceptors (Lipinski definition) is 11. The smallest absolute Gasteiger partial charge is 0.309 e. The lowest BCUT2D eigenvalue weighted by Gasteiger charge is -2.40. The standard InChI is InChI=1S/C49H75N7O8S/c1-12-14-15-17-25-56(47(61)43(33(7)13-2)54-45(60)39-19-16-18-24-55(39)11)40(31(3)4)27-41(64-34(8)57)46-53-38(30-65-46)44(59)52-37(28-49(9,10)48(62)63)26-35-20-22-36(23-21-35)51-42(58)29-50-32(5)6/h1,20-23,30-33,37,39-41,43,50H,13-19,24-29H2,2-11H3,(H,51,58)(H,52,59)(H,54,60)(H,62,63)/t33-,37-,39+,40+,41+,43-/m0/s1. The van der Waals surface area contributed by atoms with E-state index in [9.17, 15) is 33.9 Å². The van der Waals surface area contributed by atoms with E-state index in [0.29, 0.717) is 49.3 Å². The summed E-state index contributed by atoms with van der Waals surface area (Å²) < 4.78 is 5.92. The summed E-state index contributed by atoms with van der Waals surface area (Å²) in [6.45, 7) is 17.7. The zero-order valence-electron chi connectivity index (χ0n) is 40.3. The summed E-state index contributed by atoms with van der Waals surface area (Å²) in [6, 6.07) is 5.16. The predicted molar refractivity (Wildman–Crippen MR) is 255 cm³/mol. The van der Waals surface area contributed by atoms with E-state index in [1.165, 1.54) is 6.92 Å². The van der Waals surface area contributed by atoms with Gasteiger partial charge in [-0.1, -0.05) is 66.5 Å². The Balaban J connectivity index is 1.91. The number of ether oxygens (including phenoxy) is 1. The number of likely N-dealkylation sites (tertiary alicyclic amines) is 1. The van der Waals surface area contributed by atoms with E-state index >= 15 is 0 Å². The molecule has 0 saturated carbocycles. The number of carbonyl (C=O) groups is 6. The van der Waals surface area contributed by atoms with Crippen LogP contribution in [0.25, 0.3) is 0 Å². The summed E-state index contributed by atoms with van der Waals surface area (Å²) in [5, 5.41) is 24.0. The van der Waals surface area contributed by atoms with E-state index in [1.54, 1.807) is 31.4 Å². The second-order valence-corrected chi connectivity index (χ2v) is 19.7. The molecule has 1 aromatic carbocycles. The van der Waals surface area contributed by atoms with Crippen LogP contribution in [0.15, 0.2) is 29.6 Å². The first-order valence-corrected chi connectivity index (χ1v) is 24.1. The molecule has 0 spiro atoms. The average Bonchev–Trinajstić information content (AvgIpc) is 3.74. The van der Waals surface area contributed by atoms with Crippen molar-refractivity contribution < 1.29 is 38.6 Å². The zero-order valence-corrected chi connectivity index (χ0v) is 41.1. The van der Waals surface area contributed by atoms with Crippen molar-refractivity contribution in [2.75, 3.05) is 32.0 Å². The molecule has 5 N–H and O–H groups in total. The predicted octanol–water partition coefficient (Wildman–Crippen LogP) is 6.59. The van der Waals surface area contributed by atoms with Crippen LogP contribution in [0.4, 0.5) is 5.69 Å². The van der Waals surface area contributed by atoms with Gasteiger partial charge in [-0.15, -0.1) is 23.7 Å². The highest BCUT2D eigenvalue weighted by Crippen LogP contribution is 2.32. The van der Waals surface area contributed by atoms with Gasteiger partial charge in [0.1, 0.15) is 16.7 Å². The zero-order chi connectivity index (χ0) is 48.4. The van der Waals surface area contributed by atoms with Crippen LogP contribution >= 0.6 is 11.3 Å². The molecule has 6 atom stereocenters. The van der Waals surface area contributed by atoms with Gasteiger partial charge in [-0.2, -0.15) is 0 Å². The molecule has 2 aromatic rings. The average molecular weight is 922 g/mol. The Morgan fingerprint density at radius 1 is 1.05 bits per heavy atom. The van der Waals surface area contributed by atoms with Crippen LogP contribution in [0.2, 0.25) is 0 Å². The summed E-state index contributed by atoms with van der Waals surface area (Å²) >= 11 is 1.16. The summed E-state index contributed by atoms with van der Waals surface area (Å²) in [5.41, 5.74) is 0.318. The molecule has 0 radical (unpaired) electrons. The number of piperidine rings is 1. The second kappa shape index (κ2) is 26.3. The number of terminal acetylenes is 1. The topological polar surface area (TPSA) is 199 Å². The van der Waals surface area contributed by atoms with Crippen LogP contribution in [0, 0.1) is 29.6 Å². The maximum absolute atomic E-state index is 14.9. The second-order valence-electron chi connectivity index (χ2n) is 18.8. The van der Waals surface area contributed by atoms with Crippen molar-refractivity contribution in [3.05, 3.63) is 45.9 Å².